The molecule has 0 spiro atoms. The van der Waals surface area contributed by atoms with Gasteiger partial charge in [-0.15, -0.1) is 11.3 Å². The molecule has 1 saturated heterocycles. The Kier molecular flexibility index (Phi) is 4.78. The summed E-state index contributed by atoms with van der Waals surface area (Å²) in [5.41, 5.74) is 3.25. The van der Waals surface area contributed by atoms with Crippen molar-refractivity contribution in [3.05, 3.63) is 39.7 Å². The molecule has 1 aliphatic heterocycles. The quantitative estimate of drug-likeness (QED) is 0.868. The first-order chi connectivity index (χ1) is 11.0. The second-order valence-corrected chi connectivity index (χ2v) is 7.36. The minimum Gasteiger partial charge on any atom is -0.375 e. The van der Waals surface area contributed by atoms with Crippen molar-refractivity contribution in [3.63, 3.8) is 0 Å². The zero-order valence-corrected chi connectivity index (χ0v) is 14.7. The van der Waals surface area contributed by atoms with Gasteiger partial charge >= 0.3 is 0 Å². The van der Waals surface area contributed by atoms with Gasteiger partial charge < -0.3 is 9.64 Å². The third kappa shape index (κ3) is 3.79. The van der Waals surface area contributed by atoms with Crippen LogP contribution in [0.4, 0.5) is 0 Å². The van der Waals surface area contributed by atoms with Gasteiger partial charge in [0.05, 0.1) is 29.8 Å². The zero-order chi connectivity index (χ0) is 16.4. The number of rotatable bonds is 3. The van der Waals surface area contributed by atoms with E-state index >= 15 is 0 Å². The van der Waals surface area contributed by atoms with Gasteiger partial charge in [0.1, 0.15) is 0 Å². The third-order valence-corrected chi connectivity index (χ3v) is 5.01. The van der Waals surface area contributed by atoms with Gasteiger partial charge in [-0.2, -0.15) is 0 Å². The number of aromatic nitrogens is 1. The number of thiazole rings is 1. The summed E-state index contributed by atoms with van der Waals surface area (Å²) >= 11 is 1.62. The molecule has 1 aromatic carbocycles. The van der Waals surface area contributed by atoms with Gasteiger partial charge in [-0.1, -0.05) is 29.8 Å². The lowest BCUT2D eigenvalue weighted by Gasteiger charge is -2.31. The van der Waals surface area contributed by atoms with Crippen molar-refractivity contribution >= 4 is 17.2 Å². The molecule has 4 nitrogen and oxygen atoms in total. The van der Waals surface area contributed by atoms with E-state index in [0.717, 1.165) is 21.1 Å². The number of morpholine rings is 1. The van der Waals surface area contributed by atoms with E-state index < -0.39 is 0 Å². The molecule has 0 saturated carbocycles. The predicted molar refractivity (Wildman–Crippen MR) is 92.7 cm³/mol. The van der Waals surface area contributed by atoms with Crippen molar-refractivity contribution < 1.29 is 9.53 Å². The number of aryl methyl sites for hydroxylation is 2. The van der Waals surface area contributed by atoms with E-state index in [1.54, 1.807) is 11.3 Å². The normalized spacial score (nSPS) is 18.2. The Morgan fingerprint density at radius 3 is 2.78 bits per heavy atom. The SMILES string of the molecule is Cc1ccc(-c2nc(C)sc2CC(=O)N2CCOC(C)C2)cc1. The van der Waals surface area contributed by atoms with Gasteiger partial charge in [-0.3, -0.25) is 4.79 Å². The number of amides is 1. The van der Waals surface area contributed by atoms with Crippen LogP contribution in [-0.4, -0.2) is 41.6 Å². The fourth-order valence-electron chi connectivity index (χ4n) is 2.82. The summed E-state index contributed by atoms with van der Waals surface area (Å²) in [6.07, 6.45) is 0.536. The minimum absolute atomic E-state index is 0.118. The Morgan fingerprint density at radius 1 is 1.35 bits per heavy atom. The molecule has 1 aromatic heterocycles. The van der Waals surface area contributed by atoms with Crippen LogP contribution in [0, 0.1) is 13.8 Å². The van der Waals surface area contributed by atoms with Crippen molar-refractivity contribution in [2.75, 3.05) is 19.7 Å². The maximum atomic E-state index is 12.6. The standard InChI is InChI=1S/C18H22N2O2S/c1-12-4-6-15(7-5-12)18-16(23-14(3)19-18)10-17(21)20-8-9-22-13(2)11-20/h4-7,13H,8-11H2,1-3H3. The summed E-state index contributed by atoms with van der Waals surface area (Å²) in [6.45, 7) is 8.05. The molecule has 1 unspecified atom stereocenters. The summed E-state index contributed by atoms with van der Waals surface area (Å²) in [5.74, 6) is 0.164. The Balaban J connectivity index is 1.80. The molecule has 0 N–H and O–H groups in total. The molecule has 1 aliphatic rings. The zero-order valence-electron chi connectivity index (χ0n) is 13.8. The van der Waals surface area contributed by atoms with Crippen LogP contribution in [0.1, 0.15) is 22.4 Å². The number of nitrogens with zero attached hydrogens (tertiary/aromatic N) is 2. The van der Waals surface area contributed by atoms with Crippen LogP contribution in [0.5, 0.6) is 0 Å². The third-order valence-electron chi connectivity index (χ3n) is 4.03. The summed E-state index contributed by atoms with van der Waals surface area (Å²) in [6, 6.07) is 8.32. The number of carbonyl (C=O) groups excluding carboxylic acids is 1. The number of hydrogen-bond acceptors (Lipinski definition) is 4. The van der Waals surface area contributed by atoms with Crippen LogP contribution >= 0.6 is 11.3 Å². The molecule has 3 rings (SSSR count). The smallest absolute Gasteiger partial charge is 0.228 e. The molecule has 5 heteroatoms. The maximum absolute atomic E-state index is 12.6. The number of hydrogen-bond donors (Lipinski definition) is 0. The molecule has 122 valence electrons. The molecule has 0 bridgehead atoms. The second kappa shape index (κ2) is 6.81. The number of carbonyl (C=O) groups is 1. The fourth-order valence-corrected chi connectivity index (χ4v) is 3.77. The van der Waals surface area contributed by atoms with E-state index in [0.29, 0.717) is 26.1 Å². The molecule has 1 fully saturated rings. The average molecular weight is 330 g/mol. The molecule has 23 heavy (non-hydrogen) atoms. The number of ether oxygens (including phenoxy) is 1. The largest absolute Gasteiger partial charge is 0.375 e. The lowest BCUT2D eigenvalue weighted by Crippen LogP contribution is -2.45. The van der Waals surface area contributed by atoms with Crippen molar-refractivity contribution in [1.82, 2.24) is 9.88 Å². The highest BCUT2D eigenvalue weighted by Gasteiger charge is 2.23. The number of benzene rings is 1. The van der Waals surface area contributed by atoms with E-state index in [-0.39, 0.29) is 12.0 Å². The van der Waals surface area contributed by atoms with E-state index in [4.69, 9.17) is 4.74 Å². The summed E-state index contributed by atoms with van der Waals surface area (Å²) in [4.78, 5) is 20.2. The summed E-state index contributed by atoms with van der Waals surface area (Å²) in [7, 11) is 0. The van der Waals surface area contributed by atoms with Crippen LogP contribution in [0.15, 0.2) is 24.3 Å². The van der Waals surface area contributed by atoms with E-state index in [2.05, 4.69) is 36.2 Å². The van der Waals surface area contributed by atoms with Crippen LogP contribution < -0.4 is 0 Å². The van der Waals surface area contributed by atoms with Crippen molar-refractivity contribution in [1.29, 1.82) is 0 Å². The molecule has 2 aromatic rings. The van der Waals surface area contributed by atoms with Crippen molar-refractivity contribution in [3.8, 4) is 11.3 Å². The molecule has 2 heterocycles. The van der Waals surface area contributed by atoms with Gasteiger partial charge in [0.15, 0.2) is 0 Å². The molecular weight excluding hydrogens is 308 g/mol. The van der Waals surface area contributed by atoms with E-state index in [1.165, 1.54) is 5.56 Å². The van der Waals surface area contributed by atoms with Crippen molar-refractivity contribution in [2.45, 2.75) is 33.3 Å². The van der Waals surface area contributed by atoms with Crippen LogP contribution in [0.25, 0.3) is 11.3 Å². The van der Waals surface area contributed by atoms with Gasteiger partial charge in [-0.25, -0.2) is 4.98 Å². The second-order valence-electron chi connectivity index (χ2n) is 6.07. The van der Waals surface area contributed by atoms with Gasteiger partial charge in [-0.05, 0) is 20.8 Å². The van der Waals surface area contributed by atoms with Crippen LogP contribution in [-0.2, 0) is 16.0 Å². The Labute approximate surface area is 141 Å². The topological polar surface area (TPSA) is 42.4 Å². The van der Waals surface area contributed by atoms with Crippen LogP contribution in [0.3, 0.4) is 0 Å². The average Bonchev–Trinajstić information content (AvgIpc) is 2.88. The predicted octanol–water partition coefficient (Wildman–Crippen LogP) is 3.22. The Hall–Kier alpha value is -1.72. The molecular formula is C18H22N2O2S. The molecule has 0 aliphatic carbocycles. The molecule has 1 amide bonds. The van der Waals surface area contributed by atoms with Gasteiger partial charge in [0, 0.05) is 23.5 Å². The monoisotopic (exact) mass is 330 g/mol. The highest BCUT2D eigenvalue weighted by Crippen LogP contribution is 2.29. The first kappa shape index (κ1) is 16.1. The summed E-state index contributed by atoms with van der Waals surface area (Å²) in [5, 5.41) is 0.999. The molecule has 0 radical (unpaired) electrons. The highest BCUT2D eigenvalue weighted by molar-refractivity contribution is 7.12. The van der Waals surface area contributed by atoms with Crippen LogP contribution in [0.2, 0.25) is 0 Å². The van der Waals surface area contributed by atoms with Gasteiger partial charge in [0.25, 0.3) is 0 Å². The summed E-state index contributed by atoms with van der Waals surface area (Å²) < 4.78 is 5.51. The van der Waals surface area contributed by atoms with E-state index in [9.17, 15) is 4.79 Å². The first-order valence-corrected chi connectivity index (χ1v) is 8.77. The Bertz CT molecular complexity index is 694. The van der Waals surface area contributed by atoms with Gasteiger partial charge in [0.2, 0.25) is 5.91 Å². The fraction of sp³-hybridized carbons (Fsp3) is 0.444. The minimum atomic E-state index is 0.118. The Morgan fingerprint density at radius 2 is 2.09 bits per heavy atom. The first-order valence-electron chi connectivity index (χ1n) is 7.95. The molecule has 1 atom stereocenters. The lowest BCUT2D eigenvalue weighted by atomic mass is 10.1. The highest BCUT2D eigenvalue weighted by atomic mass is 32.1. The van der Waals surface area contributed by atoms with E-state index in [1.807, 2.05) is 18.7 Å². The van der Waals surface area contributed by atoms with Crippen molar-refractivity contribution in [2.24, 2.45) is 0 Å². The maximum Gasteiger partial charge on any atom is 0.228 e. The lowest BCUT2D eigenvalue weighted by molar-refractivity contribution is -0.137.